The van der Waals surface area contributed by atoms with E-state index in [2.05, 4.69) is 30.9 Å². The van der Waals surface area contributed by atoms with Gasteiger partial charge in [-0.25, -0.2) is 0 Å². The number of nitrogens with zero attached hydrogens (tertiary/aromatic N) is 9. The highest BCUT2D eigenvalue weighted by Gasteiger charge is 2.22. The molecule has 6 aromatic carbocycles. The molecule has 0 unspecified atom stereocenters. The third kappa shape index (κ3) is 19.6. The zero-order chi connectivity index (χ0) is 75.8. The molecule has 4 N–H and O–H groups in total. The van der Waals surface area contributed by atoms with E-state index >= 15 is 0 Å². The molecule has 0 spiro atoms. The summed E-state index contributed by atoms with van der Waals surface area (Å²) in [5.41, 5.74) is -0.673. The quantitative estimate of drug-likeness (QED) is 0.0458. The van der Waals surface area contributed by atoms with E-state index in [0.717, 1.165) is 25.2 Å². The first-order valence-electron chi connectivity index (χ1n) is 31.0. The van der Waals surface area contributed by atoms with Crippen molar-refractivity contribution >= 4 is 111 Å². The Bertz CT molecular complexity index is 5180. The minimum Gasteiger partial charge on any atom is -0.497 e. The third-order valence-electron chi connectivity index (χ3n) is 14.4. The molecule has 12 aromatic rings. The first-order valence-corrected chi connectivity index (χ1v) is 32.1. The van der Waals surface area contributed by atoms with Gasteiger partial charge in [-0.2, -0.15) is 30.7 Å². The van der Waals surface area contributed by atoms with E-state index in [1.165, 1.54) is 31.8 Å². The summed E-state index contributed by atoms with van der Waals surface area (Å²) in [5.74, 6) is -0.148. The van der Waals surface area contributed by atoms with Gasteiger partial charge in [0.05, 0.1) is 53.5 Å². The van der Waals surface area contributed by atoms with E-state index in [1.54, 1.807) is 222 Å². The average Bonchev–Trinajstić information content (AvgIpc) is 0.794. The van der Waals surface area contributed by atoms with E-state index in [1.807, 2.05) is 18.2 Å². The first kappa shape index (κ1) is 75.8. The molecule has 0 aliphatic rings. The molecule has 0 bridgehead atoms. The summed E-state index contributed by atoms with van der Waals surface area (Å²) in [5, 5.41) is 45.0. The highest BCUT2D eigenvalue weighted by atomic mass is 35.5. The van der Waals surface area contributed by atoms with E-state index in [9.17, 15) is 44.6 Å². The molecular formula is C77H55Cl3N12O14. The van der Waals surface area contributed by atoms with Crippen LogP contribution in [-0.2, 0) is 19.2 Å². The number of carboxylic acids is 1. The topological polar surface area (TPSA) is 354 Å². The second kappa shape index (κ2) is 36.3. The second-order valence-corrected chi connectivity index (χ2v) is 22.6. The summed E-state index contributed by atoms with van der Waals surface area (Å²) in [6, 6.07) is 60.5. The Morgan fingerprint density at radius 3 is 0.840 bits per heavy atom. The Balaban J connectivity index is 0.000000179. The van der Waals surface area contributed by atoms with Gasteiger partial charge in [-0.3, -0.25) is 46.8 Å². The molecule has 0 saturated heterocycles. The maximum atomic E-state index is 13.2. The molecule has 6 aromatic heterocycles. The predicted octanol–water partition coefficient (Wildman–Crippen LogP) is 14.2. The number of ether oxygens (including phenoxy) is 6. The van der Waals surface area contributed by atoms with Crippen LogP contribution in [0.2, 0.25) is 15.1 Å². The van der Waals surface area contributed by atoms with Crippen LogP contribution in [0.5, 0.6) is 52.1 Å². The highest BCUT2D eigenvalue weighted by molar-refractivity contribution is 6.35. The molecule has 0 aliphatic carbocycles. The van der Waals surface area contributed by atoms with Crippen molar-refractivity contribution in [2.45, 2.75) is 6.92 Å². The van der Waals surface area contributed by atoms with Crippen LogP contribution in [0.15, 0.2) is 250 Å². The minimum atomic E-state index is -0.833. The van der Waals surface area contributed by atoms with Crippen molar-refractivity contribution in [1.29, 1.82) is 15.8 Å². The van der Waals surface area contributed by atoms with Crippen molar-refractivity contribution in [3.63, 3.8) is 0 Å². The molecule has 106 heavy (non-hydrogen) atoms. The number of aromatic nitrogens is 6. The van der Waals surface area contributed by atoms with Gasteiger partial charge in [0.1, 0.15) is 103 Å². The molecule has 528 valence electrons. The lowest BCUT2D eigenvalue weighted by Crippen LogP contribution is -2.20. The molecule has 0 fully saturated rings. The Labute approximate surface area is 616 Å². The lowest BCUT2D eigenvalue weighted by molar-refractivity contribution is -0.134. The monoisotopic (exact) mass is 1480 g/mol. The molecule has 26 nitrogen and oxygen atoms in total. The number of anilines is 3. The van der Waals surface area contributed by atoms with E-state index in [0.29, 0.717) is 83.6 Å². The van der Waals surface area contributed by atoms with Crippen molar-refractivity contribution in [2.24, 2.45) is 0 Å². The zero-order valence-corrected chi connectivity index (χ0v) is 58.2. The van der Waals surface area contributed by atoms with Gasteiger partial charge in [-0.05, 0) is 164 Å². The second-order valence-electron chi connectivity index (χ2n) is 21.4. The van der Waals surface area contributed by atoms with Crippen molar-refractivity contribution < 1.29 is 52.7 Å². The first-order chi connectivity index (χ1) is 51.2. The number of halogens is 3. The Kier molecular flexibility index (Phi) is 26.0. The van der Waals surface area contributed by atoms with Gasteiger partial charge in [0.2, 0.25) is 17.6 Å². The molecular weight excluding hydrogens is 1420 g/mol. The van der Waals surface area contributed by atoms with Crippen LogP contribution < -0.4 is 61.0 Å². The maximum absolute atomic E-state index is 13.2. The molecule has 6 heterocycles. The van der Waals surface area contributed by atoms with Crippen LogP contribution >= 0.6 is 34.8 Å². The van der Waals surface area contributed by atoms with Gasteiger partial charge in [0.25, 0.3) is 40.4 Å². The van der Waals surface area contributed by atoms with E-state index < -0.39 is 40.4 Å². The van der Waals surface area contributed by atoms with E-state index in [-0.39, 0.29) is 51.0 Å². The smallest absolute Gasteiger partial charge is 0.300 e. The predicted molar refractivity (Wildman–Crippen MR) is 398 cm³/mol. The fourth-order valence-electron chi connectivity index (χ4n) is 9.25. The summed E-state index contributed by atoms with van der Waals surface area (Å²) in [6.07, 6.45) is 8.07. The number of nitriles is 3. The van der Waals surface area contributed by atoms with E-state index in [4.69, 9.17) is 73.1 Å². The van der Waals surface area contributed by atoms with Gasteiger partial charge in [-0.1, -0.05) is 89.4 Å². The van der Waals surface area contributed by atoms with Crippen LogP contribution in [0.3, 0.4) is 0 Å². The van der Waals surface area contributed by atoms with Crippen molar-refractivity contribution in [3.05, 3.63) is 298 Å². The molecule has 0 atom stereocenters. The largest absolute Gasteiger partial charge is 0.497 e. The normalized spacial score (nSPS) is 10.8. The number of amides is 3. The number of carbonyl (C=O) groups excluding carboxylic acids is 3. The number of para-hydroxylation sites is 3. The number of fused-ring (bicyclic) bond motifs is 3. The number of pyridine rings is 3. The van der Waals surface area contributed by atoms with Gasteiger partial charge >= 0.3 is 0 Å². The standard InChI is InChI=1S/3C25H17ClN4O4.C2H4O2/c3*1-33-17-9-11-18(12-10-17)34-24-19(25(32)30-13-5-4-8-22(30)29-24)14-16(15-27)23(31)28-21-7-3-2-6-20(21)26;1-2(3)4/h3*2-14H,1H3,(H,28,31);1H3,(H,3,4)/b3*16-14+;. The van der Waals surface area contributed by atoms with Crippen LogP contribution in [0.1, 0.15) is 23.6 Å². The lowest BCUT2D eigenvalue weighted by Gasteiger charge is -2.11. The number of aliphatic carboxylic acids is 1. The highest BCUT2D eigenvalue weighted by Crippen LogP contribution is 2.31. The minimum absolute atomic E-state index is 0.0559. The Morgan fingerprint density at radius 2 is 0.613 bits per heavy atom. The third-order valence-corrected chi connectivity index (χ3v) is 15.3. The number of carboxylic acid groups (broad SMARTS) is 1. The number of methoxy groups -OCH3 is 3. The lowest BCUT2D eigenvalue weighted by atomic mass is 10.1. The number of hydrogen-bond acceptors (Lipinski definition) is 19. The van der Waals surface area contributed by atoms with Crippen molar-refractivity contribution in [2.75, 3.05) is 37.3 Å². The fraction of sp³-hybridized carbons (Fsp3) is 0.0519. The van der Waals surface area contributed by atoms with Gasteiger partial charge < -0.3 is 49.5 Å². The van der Waals surface area contributed by atoms with Crippen molar-refractivity contribution in [1.82, 2.24) is 28.2 Å². The summed E-state index contributed by atoms with van der Waals surface area (Å²) >= 11 is 18.3. The van der Waals surface area contributed by atoms with Crippen LogP contribution in [0, 0.1) is 34.0 Å². The summed E-state index contributed by atoms with van der Waals surface area (Å²) in [6.45, 7) is 1.08. The zero-order valence-electron chi connectivity index (χ0n) is 55.9. The molecule has 0 saturated carbocycles. The number of carbonyl (C=O) groups is 4. The number of rotatable bonds is 18. The maximum Gasteiger partial charge on any atom is 0.300 e. The molecule has 0 radical (unpaired) electrons. The van der Waals surface area contributed by atoms with Crippen LogP contribution in [0.4, 0.5) is 17.1 Å². The van der Waals surface area contributed by atoms with Gasteiger partial charge in [0, 0.05) is 25.5 Å². The van der Waals surface area contributed by atoms with Crippen LogP contribution in [-0.4, -0.2) is 78.3 Å². The van der Waals surface area contributed by atoms with Crippen LogP contribution in [0.25, 0.3) is 35.2 Å². The summed E-state index contributed by atoms with van der Waals surface area (Å²) < 4.78 is 37.0. The number of benzene rings is 6. The molecule has 29 heteroatoms. The molecule has 3 amide bonds. The Hall–Kier alpha value is -14.4. The number of hydrogen-bond donors (Lipinski definition) is 4. The fourth-order valence-corrected chi connectivity index (χ4v) is 9.80. The molecule has 12 rings (SSSR count). The van der Waals surface area contributed by atoms with Gasteiger partial charge in [0.15, 0.2) is 0 Å². The summed E-state index contributed by atoms with van der Waals surface area (Å²) in [4.78, 5) is 100. The average molecular weight is 1480 g/mol. The molecule has 0 aliphatic heterocycles. The summed E-state index contributed by atoms with van der Waals surface area (Å²) in [7, 11) is 4.63. The van der Waals surface area contributed by atoms with Crippen molar-refractivity contribution in [3.8, 4) is 70.3 Å². The Morgan fingerprint density at radius 1 is 0.387 bits per heavy atom. The SMILES string of the molecule is CC(=O)O.COc1ccc(Oc2nc3ccccn3c(=O)c2/C=C(\C#N)C(=O)Nc2ccccc2Cl)cc1.COc1ccc(Oc2nc3ccccn3c(=O)c2/C=C(\C#N)C(=O)Nc2ccccc2Cl)cc1.COc1ccc(Oc2nc3ccccn3c(=O)c2/C=C(\C#N)C(=O)Nc2ccccc2Cl)cc1. The van der Waals surface area contributed by atoms with Gasteiger partial charge in [-0.15, -0.1) is 0 Å². The number of nitrogens with one attached hydrogen (secondary N) is 3.